The molecular formula is C20H24F2O4. The smallest absolute Gasteiger partial charge is 0.168 e. The van der Waals surface area contributed by atoms with Crippen LogP contribution in [0.1, 0.15) is 25.3 Å². The first-order valence-electron chi connectivity index (χ1n) is 8.51. The van der Waals surface area contributed by atoms with Gasteiger partial charge in [0, 0.05) is 12.1 Å². The summed E-state index contributed by atoms with van der Waals surface area (Å²) in [6.45, 7) is 1.93. The van der Waals surface area contributed by atoms with E-state index in [4.69, 9.17) is 14.6 Å². The molecule has 0 aliphatic heterocycles. The zero-order valence-corrected chi connectivity index (χ0v) is 14.9. The molecule has 2 N–H and O–H groups in total. The predicted octanol–water partition coefficient (Wildman–Crippen LogP) is 4.08. The summed E-state index contributed by atoms with van der Waals surface area (Å²) in [6, 6.07) is 9.21. The summed E-state index contributed by atoms with van der Waals surface area (Å²) in [5.74, 6) is -1.80. The van der Waals surface area contributed by atoms with Crippen molar-refractivity contribution in [3.8, 4) is 17.2 Å². The number of methoxy groups -OCH3 is 1. The Morgan fingerprint density at radius 3 is 2.50 bits per heavy atom. The maximum Gasteiger partial charge on any atom is 0.168 e. The van der Waals surface area contributed by atoms with E-state index >= 15 is 0 Å². The fourth-order valence-corrected chi connectivity index (χ4v) is 2.72. The van der Waals surface area contributed by atoms with Gasteiger partial charge in [-0.1, -0.05) is 25.1 Å². The Bertz CT molecular complexity index is 721. The van der Waals surface area contributed by atoms with Crippen LogP contribution in [0.4, 0.5) is 8.78 Å². The van der Waals surface area contributed by atoms with Crippen LogP contribution in [0, 0.1) is 17.6 Å². The fourth-order valence-electron chi connectivity index (χ4n) is 2.72. The number of hydrogen-bond acceptors (Lipinski definition) is 4. The number of aromatic hydroxyl groups is 1. The van der Waals surface area contributed by atoms with Gasteiger partial charge in [-0.05, 0) is 36.8 Å². The standard InChI is InChI=1S/C20H24F2O4/c1-13(9-14-5-3-4-6-19(14)25-2)7-8-15(23)12-26-20-11-16(21)18(24)10-17(20)22/h3-6,10-11,13,15,23-24H,7-9,12H2,1-2H3/t13?,15-/m0/s1. The van der Waals surface area contributed by atoms with E-state index in [1.54, 1.807) is 7.11 Å². The van der Waals surface area contributed by atoms with E-state index in [1.807, 2.05) is 24.3 Å². The van der Waals surface area contributed by atoms with Gasteiger partial charge in [0.2, 0.25) is 0 Å². The number of aliphatic hydroxyl groups is 1. The van der Waals surface area contributed by atoms with Crippen LogP contribution < -0.4 is 9.47 Å². The van der Waals surface area contributed by atoms with E-state index in [-0.39, 0.29) is 12.4 Å². The van der Waals surface area contributed by atoms with Gasteiger partial charge in [-0.15, -0.1) is 0 Å². The zero-order valence-electron chi connectivity index (χ0n) is 14.9. The van der Waals surface area contributed by atoms with Crippen LogP contribution in [-0.2, 0) is 6.42 Å². The summed E-state index contributed by atoms with van der Waals surface area (Å²) >= 11 is 0. The van der Waals surface area contributed by atoms with Crippen LogP contribution in [0.25, 0.3) is 0 Å². The summed E-state index contributed by atoms with van der Waals surface area (Å²) < 4.78 is 37.3. The predicted molar refractivity (Wildman–Crippen MR) is 94.6 cm³/mol. The number of hydrogen-bond donors (Lipinski definition) is 2. The second-order valence-corrected chi connectivity index (χ2v) is 6.40. The lowest BCUT2D eigenvalue weighted by molar-refractivity contribution is 0.0920. The summed E-state index contributed by atoms with van der Waals surface area (Å²) in [7, 11) is 1.63. The molecule has 26 heavy (non-hydrogen) atoms. The minimum Gasteiger partial charge on any atom is -0.505 e. The number of para-hydroxylation sites is 1. The van der Waals surface area contributed by atoms with E-state index in [9.17, 15) is 13.9 Å². The molecule has 0 amide bonds. The number of phenols is 1. The van der Waals surface area contributed by atoms with Gasteiger partial charge < -0.3 is 19.7 Å². The highest BCUT2D eigenvalue weighted by Crippen LogP contribution is 2.26. The fraction of sp³-hybridized carbons (Fsp3) is 0.400. The van der Waals surface area contributed by atoms with Gasteiger partial charge in [-0.3, -0.25) is 0 Å². The first kappa shape index (κ1) is 20.0. The summed E-state index contributed by atoms with van der Waals surface area (Å²) in [5.41, 5.74) is 1.11. The topological polar surface area (TPSA) is 58.9 Å². The highest BCUT2D eigenvalue weighted by atomic mass is 19.1. The molecule has 0 spiro atoms. The van der Waals surface area contributed by atoms with E-state index in [2.05, 4.69) is 6.92 Å². The number of phenolic OH excluding ortho intramolecular Hbond substituents is 1. The van der Waals surface area contributed by atoms with E-state index in [0.717, 1.165) is 30.2 Å². The van der Waals surface area contributed by atoms with Crippen LogP contribution in [0.5, 0.6) is 17.2 Å². The van der Waals surface area contributed by atoms with E-state index in [0.29, 0.717) is 18.4 Å². The zero-order chi connectivity index (χ0) is 19.1. The monoisotopic (exact) mass is 366 g/mol. The Balaban J connectivity index is 1.79. The molecule has 2 rings (SSSR count). The minimum atomic E-state index is -0.971. The normalized spacial score (nSPS) is 13.3. The van der Waals surface area contributed by atoms with Gasteiger partial charge in [-0.25, -0.2) is 8.78 Å². The third-order valence-corrected chi connectivity index (χ3v) is 4.19. The average Bonchev–Trinajstić information content (AvgIpc) is 2.62. The van der Waals surface area contributed by atoms with Gasteiger partial charge >= 0.3 is 0 Å². The lowest BCUT2D eigenvalue weighted by Crippen LogP contribution is -2.19. The molecule has 0 radical (unpaired) electrons. The molecule has 2 aromatic rings. The van der Waals surface area contributed by atoms with E-state index in [1.165, 1.54) is 0 Å². The van der Waals surface area contributed by atoms with Crippen molar-refractivity contribution in [2.45, 2.75) is 32.3 Å². The molecule has 0 saturated heterocycles. The van der Waals surface area contributed by atoms with Crippen molar-refractivity contribution in [1.29, 1.82) is 0 Å². The Labute approximate surface area is 152 Å². The molecular weight excluding hydrogens is 342 g/mol. The van der Waals surface area contributed by atoms with Crippen molar-refractivity contribution in [3.05, 3.63) is 53.6 Å². The minimum absolute atomic E-state index is 0.150. The Hall–Kier alpha value is -2.34. The lowest BCUT2D eigenvalue weighted by atomic mass is 9.95. The van der Waals surface area contributed by atoms with Gasteiger partial charge in [0.05, 0.1) is 13.2 Å². The summed E-state index contributed by atoms with van der Waals surface area (Å²) in [6.07, 6.45) is 1.23. The molecule has 0 bridgehead atoms. The quantitative estimate of drug-likeness (QED) is 0.702. The van der Waals surface area contributed by atoms with Crippen LogP contribution in [0.3, 0.4) is 0 Å². The van der Waals surface area contributed by atoms with Crippen LogP contribution >= 0.6 is 0 Å². The second kappa shape index (κ2) is 9.38. The van der Waals surface area contributed by atoms with Gasteiger partial charge in [0.25, 0.3) is 0 Å². The molecule has 0 aliphatic carbocycles. The molecule has 0 aliphatic rings. The molecule has 6 heteroatoms. The highest BCUT2D eigenvalue weighted by Gasteiger charge is 2.14. The number of rotatable bonds is 9. The first-order chi connectivity index (χ1) is 12.4. The van der Waals surface area contributed by atoms with Gasteiger partial charge in [0.15, 0.2) is 23.1 Å². The van der Waals surface area contributed by atoms with Crippen molar-refractivity contribution < 1.29 is 28.5 Å². The van der Waals surface area contributed by atoms with Crippen molar-refractivity contribution in [2.24, 2.45) is 5.92 Å². The summed E-state index contributed by atoms with van der Waals surface area (Å²) in [5, 5.41) is 19.1. The Morgan fingerprint density at radius 2 is 1.77 bits per heavy atom. The van der Waals surface area contributed by atoms with Crippen LogP contribution in [0.15, 0.2) is 36.4 Å². The van der Waals surface area contributed by atoms with Crippen LogP contribution in [0.2, 0.25) is 0 Å². The van der Waals surface area contributed by atoms with Crippen molar-refractivity contribution in [1.82, 2.24) is 0 Å². The first-order valence-corrected chi connectivity index (χ1v) is 8.51. The molecule has 2 aromatic carbocycles. The number of aliphatic hydroxyl groups excluding tert-OH is 1. The van der Waals surface area contributed by atoms with Crippen molar-refractivity contribution in [3.63, 3.8) is 0 Å². The Kier molecular flexibility index (Phi) is 7.21. The maximum absolute atomic E-state index is 13.6. The summed E-state index contributed by atoms with van der Waals surface area (Å²) in [4.78, 5) is 0. The van der Waals surface area contributed by atoms with Crippen molar-refractivity contribution in [2.75, 3.05) is 13.7 Å². The van der Waals surface area contributed by atoms with Crippen LogP contribution in [-0.4, -0.2) is 30.0 Å². The molecule has 0 aromatic heterocycles. The van der Waals surface area contributed by atoms with E-state index < -0.39 is 23.5 Å². The lowest BCUT2D eigenvalue weighted by Gasteiger charge is -2.17. The second-order valence-electron chi connectivity index (χ2n) is 6.40. The molecule has 0 heterocycles. The molecule has 2 atom stereocenters. The Morgan fingerprint density at radius 1 is 1.04 bits per heavy atom. The molecule has 1 unspecified atom stereocenters. The number of benzene rings is 2. The van der Waals surface area contributed by atoms with Crippen molar-refractivity contribution >= 4 is 0 Å². The molecule has 142 valence electrons. The molecule has 0 fully saturated rings. The highest BCUT2D eigenvalue weighted by molar-refractivity contribution is 5.34. The average molecular weight is 366 g/mol. The number of halogens is 2. The SMILES string of the molecule is COc1ccccc1CC(C)CC[C@H](O)COc1cc(F)c(O)cc1F. The third-order valence-electron chi connectivity index (χ3n) is 4.19. The van der Waals surface area contributed by atoms with Gasteiger partial charge in [-0.2, -0.15) is 0 Å². The third kappa shape index (κ3) is 5.59. The number of ether oxygens (including phenoxy) is 2. The largest absolute Gasteiger partial charge is 0.505 e. The molecule has 4 nitrogen and oxygen atoms in total. The maximum atomic E-state index is 13.6. The van der Waals surface area contributed by atoms with Gasteiger partial charge in [0.1, 0.15) is 12.4 Å². The molecule has 0 saturated carbocycles.